The Kier molecular flexibility index (Phi) is 3.30. The van der Waals surface area contributed by atoms with Crippen LogP contribution < -0.4 is 16.4 Å². The van der Waals surface area contributed by atoms with Crippen LogP contribution in [0.4, 0.5) is 11.6 Å². The fourth-order valence-electron chi connectivity index (χ4n) is 3.05. The maximum atomic E-state index is 9.40. The first-order valence-corrected chi connectivity index (χ1v) is 7.40. The first-order valence-electron chi connectivity index (χ1n) is 7.40. The van der Waals surface area contributed by atoms with Gasteiger partial charge in [-0.1, -0.05) is 0 Å². The molecule has 1 aromatic rings. The molecule has 6 nitrogen and oxygen atoms in total. The Morgan fingerprint density at radius 3 is 2.75 bits per heavy atom. The van der Waals surface area contributed by atoms with Crippen molar-refractivity contribution in [2.45, 2.75) is 44.7 Å². The minimum Gasteiger partial charge on any atom is -0.383 e. The zero-order chi connectivity index (χ0) is 14.3. The quantitative estimate of drug-likeness (QED) is 0.864. The standard InChI is InChI=1S/C14H22N6/c1-9(10-4-5-10)20-13(17)12(7-15)14(18-20)19-6-2-3-11(16)8-19/h9-11H,2-6,8,16-17H2,1H3. The number of rotatable bonds is 3. The highest BCUT2D eigenvalue weighted by Crippen LogP contribution is 2.41. The Bertz CT molecular complexity index is 539. The van der Waals surface area contributed by atoms with Gasteiger partial charge in [-0.3, -0.25) is 0 Å². The fourth-order valence-corrected chi connectivity index (χ4v) is 3.05. The molecular formula is C14H22N6. The third kappa shape index (κ3) is 2.22. The molecule has 1 aliphatic carbocycles. The van der Waals surface area contributed by atoms with Crippen molar-refractivity contribution in [2.75, 3.05) is 23.7 Å². The minimum atomic E-state index is 0.155. The van der Waals surface area contributed by atoms with Gasteiger partial charge in [-0.15, -0.1) is 0 Å². The molecule has 2 aliphatic rings. The second-order valence-corrected chi connectivity index (χ2v) is 6.07. The predicted molar refractivity (Wildman–Crippen MR) is 78.2 cm³/mol. The number of piperidine rings is 1. The Labute approximate surface area is 119 Å². The van der Waals surface area contributed by atoms with Crippen LogP contribution in [0.15, 0.2) is 0 Å². The van der Waals surface area contributed by atoms with E-state index >= 15 is 0 Å². The highest BCUT2D eigenvalue weighted by Gasteiger charge is 2.33. The lowest BCUT2D eigenvalue weighted by molar-refractivity contribution is 0.442. The zero-order valence-electron chi connectivity index (χ0n) is 11.9. The minimum absolute atomic E-state index is 0.155. The molecule has 2 atom stereocenters. The van der Waals surface area contributed by atoms with Crippen LogP contribution in [0.5, 0.6) is 0 Å². The van der Waals surface area contributed by atoms with E-state index in [2.05, 4.69) is 23.0 Å². The number of nitriles is 1. The van der Waals surface area contributed by atoms with Crippen LogP contribution in [0.2, 0.25) is 0 Å². The van der Waals surface area contributed by atoms with E-state index in [-0.39, 0.29) is 12.1 Å². The van der Waals surface area contributed by atoms with E-state index < -0.39 is 0 Å². The summed E-state index contributed by atoms with van der Waals surface area (Å²) in [5.41, 5.74) is 12.7. The number of nitrogens with zero attached hydrogens (tertiary/aromatic N) is 4. The normalized spacial score (nSPS) is 24.4. The fraction of sp³-hybridized carbons (Fsp3) is 0.714. The van der Waals surface area contributed by atoms with E-state index in [1.807, 2.05) is 4.68 Å². The van der Waals surface area contributed by atoms with Crippen molar-refractivity contribution >= 4 is 11.6 Å². The Hall–Kier alpha value is -1.74. The molecule has 1 aliphatic heterocycles. The van der Waals surface area contributed by atoms with Crippen molar-refractivity contribution in [1.29, 1.82) is 5.26 Å². The van der Waals surface area contributed by atoms with Crippen molar-refractivity contribution in [3.8, 4) is 6.07 Å². The topological polar surface area (TPSA) is 96.9 Å². The average molecular weight is 274 g/mol. The first-order chi connectivity index (χ1) is 9.61. The van der Waals surface area contributed by atoms with Gasteiger partial charge in [0.05, 0.1) is 6.04 Å². The summed E-state index contributed by atoms with van der Waals surface area (Å²) in [6, 6.07) is 2.65. The van der Waals surface area contributed by atoms with E-state index in [0.29, 0.717) is 23.1 Å². The van der Waals surface area contributed by atoms with Gasteiger partial charge in [-0.2, -0.15) is 10.4 Å². The van der Waals surface area contributed by atoms with Crippen molar-refractivity contribution < 1.29 is 0 Å². The summed E-state index contributed by atoms with van der Waals surface area (Å²) in [7, 11) is 0. The van der Waals surface area contributed by atoms with Gasteiger partial charge in [0.25, 0.3) is 0 Å². The molecule has 108 valence electrons. The van der Waals surface area contributed by atoms with Crippen LogP contribution in [0, 0.1) is 17.2 Å². The predicted octanol–water partition coefficient (Wildman–Crippen LogP) is 1.24. The van der Waals surface area contributed by atoms with Crippen LogP contribution in [0.1, 0.15) is 44.2 Å². The maximum Gasteiger partial charge on any atom is 0.170 e. The van der Waals surface area contributed by atoms with E-state index in [1.54, 1.807) is 0 Å². The molecule has 0 amide bonds. The number of hydrogen-bond donors (Lipinski definition) is 2. The lowest BCUT2D eigenvalue weighted by atomic mass is 10.1. The highest BCUT2D eigenvalue weighted by molar-refractivity contribution is 5.65. The Balaban J connectivity index is 1.93. The van der Waals surface area contributed by atoms with Gasteiger partial charge in [-0.25, -0.2) is 4.68 Å². The van der Waals surface area contributed by atoms with Gasteiger partial charge in [0.1, 0.15) is 17.5 Å². The Morgan fingerprint density at radius 2 is 2.15 bits per heavy atom. The third-order valence-corrected chi connectivity index (χ3v) is 4.49. The van der Waals surface area contributed by atoms with Gasteiger partial charge in [-0.05, 0) is 38.5 Å². The second kappa shape index (κ2) is 4.98. The molecule has 1 aromatic heterocycles. The summed E-state index contributed by atoms with van der Waals surface area (Å²) < 4.78 is 1.84. The van der Waals surface area contributed by atoms with E-state index in [4.69, 9.17) is 11.5 Å². The molecule has 2 heterocycles. The number of nitrogens with two attached hydrogens (primary N) is 2. The summed E-state index contributed by atoms with van der Waals surface area (Å²) >= 11 is 0. The van der Waals surface area contributed by atoms with Crippen molar-refractivity contribution in [2.24, 2.45) is 11.7 Å². The Morgan fingerprint density at radius 1 is 1.40 bits per heavy atom. The summed E-state index contributed by atoms with van der Waals surface area (Å²) in [6.07, 6.45) is 4.53. The SMILES string of the molecule is CC(C1CC1)n1nc(N2CCCC(N)C2)c(C#N)c1N. The molecule has 2 fully saturated rings. The van der Waals surface area contributed by atoms with Gasteiger partial charge in [0, 0.05) is 19.1 Å². The summed E-state index contributed by atoms with van der Waals surface area (Å²) in [5.74, 6) is 1.87. The second-order valence-electron chi connectivity index (χ2n) is 6.07. The molecule has 4 N–H and O–H groups in total. The van der Waals surface area contributed by atoms with Crippen LogP contribution in [-0.4, -0.2) is 28.9 Å². The first kappa shape index (κ1) is 13.3. The largest absolute Gasteiger partial charge is 0.383 e. The van der Waals surface area contributed by atoms with Crippen LogP contribution in [0.3, 0.4) is 0 Å². The van der Waals surface area contributed by atoms with Gasteiger partial charge >= 0.3 is 0 Å². The molecule has 0 aromatic carbocycles. The number of hydrogen-bond acceptors (Lipinski definition) is 5. The van der Waals surface area contributed by atoms with Crippen molar-refractivity contribution in [3.05, 3.63) is 5.56 Å². The highest BCUT2D eigenvalue weighted by atomic mass is 15.4. The lowest BCUT2D eigenvalue weighted by Crippen LogP contribution is -2.43. The van der Waals surface area contributed by atoms with Crippen molar-refractivity contribution in [1.82, 2.24) is 9.78 Å². The maximum absolute atomic E-state index is 9.40. The number of nitrogen functional groups attached to an aromatic ring is 1. The van der Waals surface area contributed by atoms with E-state index in [0.717, 1.165) is 25.9 Å². The number of aromatic nitrogens is 2. The van der Waals surface area contributed by atoms with Crippen LogP contribution in [0.25, 0.3) is 0 Å². The molecule has 3 rings (SSSR count). The smallest absolute Gasteiger partial charge is 0.170 e. The van der Waals surface area contributed by atoms with Gasteiger partial charge in [0.2, 0.25) is 0 Å². The summed E-state index contributed by atoms with van der Waals surface area (Å²) in [5, 5.41) is 14.0. The monoisotopic (exact) mass is 274 g/mol. The summed E-state index contributed by atoms with van der Waals surface area (Å²) in [4.78, 5) is 2.11. The molecule has 0 spiro atoms. The van der Waals surface area contributed by atoms with Crippen LogP contribution >= 0.6 is 0 Å². The van der Waals surface area contributed by atoms with E-state index in [9.17, 15) is 5.26 Å². The molecule has 1 saturated carbocycles. The average Bonchev–Trinajstić information content (AvgIpc) is 3.22. The van der Waals surface area contributed by atoms with Gasteiger partial charge in [0.15, 0.2) is 5.82 Å². The zero-order valence-corrected chi connectivity index (χ0v) is 11.9. The molecule has 20 heavy (non-hydrogen) atoms. The molecule has 0 bridgehead atoms. The summed E-state index contributed by atoms with van der Waals surface area (Å²) in [6.45, 7) is 3.79. The van der Waals surface area contributed by atoms with E-state index in [1.165, 1.54) is 12.8 Å². The molecule has 2 unspecified atom stereocenters. The molecule has 0 radical (unpaired) electrons. The van der Waals surface area contributed by atoms with Gasteiger partial charge < -0.3 is 16.4 Å². The molecule has 1 saturated heterocycles. The third-order valence-electron chi connectivity index (χ3n) is 4.49. The molecular weight excluding hydrogens is 252 g/mol. The van der Waals surface area contributed by atoms with Crippen molar-refractivity contribution in [3.63, 3.8) is 0 Å². The molecule has 6 heteroatoms. The lowest BCUT2D eigenvalue weighted by Gasteiger charge is -2.30. The van der Waals surface area contributed by atoms with Crippen LogP contribution in [-0.2, 0) is 0 Å². The number of anilines is 2.